The highest BCUT2D eigenvalue weighted by atomic mass is 16.5. The van der Waals surface area contributed by atoms with E-state index in [9.17, 15) is 4.79 Å². The summed E-state index contributed by atoms with van der Waals surface area (Å²) in [4.78, 5) is 14.4. The number of ether oxygens (including phenoxy) is 1. The van der Waals surface area contributed by atoms with Crippen molar-refractivity contribution in [3.8, 4) is 17.2 Å². The minimum Gasteiger partial charge on any atom is -0.489 e. The minimum absolute atomic E-state index is 0.153. The number of hydrogen-bond acceptors (Lipinski definition) is 5. The molecule has 0 aliphatic heterocycles. The molecule has 156 valence electrons. The molecule has 0 radical (unpaired) electrons. The summed E-state index contributed by atoms with van der Waals surface area (Å²) in [5.74, 6) is 1.30. The maximum Gasteiger partial charge on any atom is 0.254 e. The number of carbonyl (C=O) groups is 1. The Labute approximate surface area is 181 Å². The summed E-state index contributed by atoms with van der Waals surface area (Å²) < 4.78 is 11.6. The highest BCUT2D eigenvalue weighted by Crippen LogP contribution is 2.20. The van der Waals surface area contributed by atoms with E-state index in [0.29, 0.717) is 29.7 Å². The lowest BCUT2D eigenvalue weighted by Gasteiger charge is -2.15. The highest BCUT2D eigenvalue weighted by Gasteiger charge is 2.16. The molecule has 1 amide bonds. The standard InChI is InChI=1S/C25H23N3O3/c1-18-11-13-20(14-12-18)24-27-26-23(31-24)16-28(2)25(29)21-9-6-10-22(15-21)30-17-19-7-4-3-5-8-19/h3-15H,16-17H2,1-2H3. The number of nitrogens with zero attached hydrogens (tertiary/aromatic N) is 3. The van der Waals surface area contributed by atoms with E-state index in [1.807, 2.05) is 73.7 Å². The van der Waals surface area contributed by atoms with Gasteiger partial charge in [0.2, 0.25) is 11.8 Å². The monoisotopic (exact) mass is 413 g/mol. The number of carbonyl (C=O) groups excluding carboxylic acids is 1. The average molecular weight is 413 g/mol. The van der Waals surface area contributed by atoms with Crippen LogP contribution in [0, 0.1) is 6.92 Å². The third-order valence-corrected chi connectivity index (χ3v) is 4.81. The summed E-state index contributed by atoms with van der Waals surface area (Å²) in [5, 5.41) is 8.17. The molecule has 0 saturated heterocycles. The normalized spacial score (nSPS) is 10.6. The van der Waals surface area contributed by atoms with Crippen molar-refractivity contribution in [2.75, 3.05) is 7.05 Å². The maximum absolute atomic E-state index is 12.9. The zero-order chi connectivity index (χ0) is 21.6. The second kappa shape index (κ2) is 9.26. The van der Waals surface area contributed by atoms with Crippen molar-refractivity contribution >= 4 is 5.91 Å². The Hall–Kier alpha value is -3.93. The van der Waals surface area contributed by atoms with Crippen molar-refractivity contribution in [2.24, 2.45) is 0 Å². The van der Waals surface area contributed by atoms with Crippen LogP contribution >= 0.6 is 0 Å². The first kappa shape index (κ1) is 20.3. The molecular weight excluding hydrogens is 390 g/mol. The highest BCUT2D eigenvalue weighted by molar-refractivity contribution is 5.94. The Bertz CT molecular complexity index is 1150. The van der Waals surface area contributed by atoms with Gasteiger partial charge in [0.05, 0.1) is 6.54 Å². The van der Waals surface area contributed by atoms with Crippen LogP contribution in [0.5, 0.6) is 5.75 Å². The first-order chi connectivity index (χ1) is 15.1. The van der Waals surface area contributed by atoms with Gasteiger partial charge in [-0.1, -0.05) is 54.1 Å². The summed E-state index contributed by atoms with van der Waals surface area (Å²) in [7, 11) is 1.70. The average Bonchev–Trinajstić information content (AvgIpc) is 3.27. The zero-order valence-corrected chi connectivity index (χ0v) is 17.5. The lowest BCUT2D eigenvalue weighted by atomic mass is 10.1. The lowest BCUT2D eigenvalue weighted by Crippen LogP contribution is -2.26. The smallest absolute Gasteiger partial charge is 0.254 e. The van der Waals surface area contributed by atoms with Crippen LogP contribution in [0.2, 0.25) is 0 Å². The predicted molar refractivity (Wildman–Crippen MR) is 117 cm³/mol. The molecule has 0 spiro atoms. The van der Waals surface area contributed by atoms with Gasteiger partial charge < -0.3 is 14.1 Å². The van der Waals surface area contributed by atoms with Crippen molar-refractivity contribution in [1.29, 1.82) is 0 Å². The maximum atomic E-state index is 12.9. The van der Waals surface area contributed by atoms with Gasteiger partial charge in [0.25, 0.3) is 5.91 Å². The number of rotatable bonds is 7. The van der Waals surface area contributed by atoms with Crippen LogP contribution in [0.3, 0.4) is 0 Å². The first-order valence-electron chi connectivity index (χ1n) is 10.00. The van der Waals surface area contributed by atoms with Crippen molar-refractivity contribution in [1.82, 2.24) is 15.1 Å². The van der Waals surface area contributed by atoms with Gasteiger partial charge in [0, 0.05) is 18.2 Å². The molecule has 4 aromatic rings. The third kappa shape index (κ3) is 5.17. The van der Waals surface area contributed by atoms with Gasteiger partial charge in [-0.05, 0) is 42.8 Å². The Balaban J connectivity index is 1.39. The molecule has 3 aromatic carbocycles. The molecule has 0 aliphatic carbocycles. The molecule has 6 heteroatoms. The molecule has 0 bridgehead atoms. The fourth-order valence-electron chi connectivity index (χ4n) is 3.09. The largest absolute Gasteiger partial charge is 0.489 e. The SMILES string of the molecule is Cc1ccc(-c2nnc(CN(C)C(=O)c3cccc(OCc4ccccc4)c3)o2)cc1. The number of hydrogen-bond donors (Lipinski definition) is 0. The van der Waals surface area contributed by atoms with Crippen molar-refractivity contribution in [2.45, 2.75) is 20.1 Å². The molecule has 0 fully saturated rings. The van der Waals surface area contributed by atoms with E-state index in [0.717, 1.165) is 16.7 Å². The van der Waals surface area contributed by atoms with Crippen LogP contribution in [0.25, 0.3) is 11.5 Å². The second-order valence-electron chi connectivity index (χ2n) is 7.33. The van der Waals surface area contributed by atoms with Crippen molar-refractivity contribution in [3.05, 3.63) is 101 Å². The molecule has 0 N–H and O–H groups in total. The van der Waals surface area contributed by atoms with Gasteiger partial charge in [-0.2, -0.15) is 0 Å². The van der Waals surface area contributed by atoms with E-state index < -0.39 is 0 Å². The van der Waals surface area contributed by atoms with Crippen LogP contribution in [0.4, 0.5) is 0 Å². The third-order valence-electron chi connectivity index (χ3n) is 4.81. The summed E-state index contributed by atoms with van der Waals surface area (Å²) in [6.07, 6.45) is 0. The van der Waals surface area contributed by atoms with Gasteiger partial charge >= 0.3 is 0 Å². The summed E-state index contributed by atoms with van der Waals surface area (Å²) in [6.45, 7) is 2.68. The molecule has 1 heterocycles. The lowest BCUT2D eigenvalue weighted by molar-refractivity contribution is 0.0772. The van der Waals surface area contributed by atoms with Gasteiger partial charge in [-0.25, -0.2) is 0 Å². The quantitative estimate of drug-likeness (QED) is 0.431. The number of aryl methyl sites for hydroxylation is 1. The fourth-order valence-corrected chi connectivity index (χ4v) is 3.09. The molecule has 4 rings (SSSR count). The summed E-state index contributed by atoms with van der Waals surface area (Å²) in [6, 6.07) is 24.9. The molecule has 6 nitrogen and oxygen atoms in total. The van der Waals surface area contributed by atoms with Crippen LogP contribution in [0.1, 0.15) is 27.4 Å². The Morgan fingerprint density at radius 1 is 0.968 bits per heavy atom. The Morgan fingerprint density at radius 2 is 1.74 bits per heavy atom. The van der Waals surface area contributed by atoms with Gasteiger partial charge in [-0.15, -0.1) is 10.2 Å². The Morgan fingerprint density at radius 3 is 2.52 bits per heavy atom. The zero-order valence-electron chi connectivity index (χ0n) is 17.5. The number of benzene rings is 3. The van der Waals surface area contributed by atoms with Gasteiger partial charge in [-0.3, -0.25) is 4.79 Å². The Kier molecular flexibility index (Phi) is 6.08. The molecule has 31 heavy (non-hydrogen) atoms. The van der Waals surface area contributed by atoms with Crippen molar-refractivity contribution in [3.63, 3.8) is 0 Å². The van der Waals surface area contributed by atoms with E-state index in [2.05, 4.69) is 10.2 Å². The summed E-state index contributed by atoms with van der Waals surface area (Å²) >= 11 is 0. The first-order valence-corrected chi connectivity index (χ1v) is 10.00. The molecule has 0 aliphatic rings. The van der Waals surface area contributed by atoms with Crippen LogP contribution in [-0.4, -0.2) is 28.1 Å². The summed E-state index contributed by atoms with van der Waals surface area (Å²) in [5.41, 5.74) is 3.61. The van der Waals surface area contributed by atoms with E-state index in [1.54, 1.807) is 24.1 Å². The predicted octanol–water partition coefficient (Wildman–Crippen LogP) is 4.90. The number of amides is 1. The topological polar surface area (TPSA) is 68.5 Å². The molecule has 0 unspecified atom stereocenters. The fraction of sp³-hybridized carbons (Fsp3) is 0.160. The van der Waals surface area contributed by atoms with E-state index >= 15 is 0 Å². The van der Waals surface area contributed by atoms with Crippen LogP contribution in [0.15, 0.2) is 83.3 Å². The van der Waals surface area contributed by atoms with Crippen molar-refractivity contribution < 1.29 is 13.9 Å². The van der Waals surface area contributed by atoms with Gasteiger partial charge in [0.1, 0.15) is 12.4 Å². The van der Waals surface area contributed by atoms with E-state index in [1.165, 1.54) is 0 Å². The number of aromatic nitrogens is 2. The molecular formula is C25H23N3O3. The van der Waals surface area contributed by atoms with Gasteiger partial charge in [0.15, 0.2) is 0 Å². The molecule has 0 saturated carbocycles. The van der Waals surface area contributed by atoms with Crippen LogP contribution in [-0.2, 0) is 13.2 Å². The second-order valence-corrected chi connectivity index (χ2v) is 7.33. The molecule has 0 atom stereocenters. The molecule has 1 aromatic heterocycles. The van der Waals surface area contributed by atoms with E-state index in [-0.39, 0.29) is 12.5 Å². The van der Waals surface area contributed by atoms with Crippen LogP contribution < -0.4 is 4.74 Å². The minimum atomic E-state index is -0.153. The van der Waals surface area contributed by atoms with E-state index in [4.69, 9.17) is 9.15 Å².